The van der Waals surface area contributed by atoms with Crippen molar-refractivity contribution in [1.82, 2.24) is 15.2 Å². The number of anilines is 1. The Kier molecular flexibility index (Phi) is 8.78. The molecule has 37 heavy (non-hydrogen) atoms. The molecule has 0 aliphatic carbocycles. The molecule has 3 aromatic rings. The lowest BCUT2D eigenvalue weighted by atomic mass is 10.1. The number of pyridine rings is 1. The van der Waals surface area contributed by atoms with E-state index >= 15 is 0 Å². The van der Waals surface area contributed by atoms with Gasteiger partial charge in [0.2, 0.25) is 0 Å². The fraction of sp³-hybridized carbons (Fsp3) is 0.269. The molecular weight excluding hydrogens is 516 g/mol. The molecule has 1 fully saturated rings. The van der Waals surface area contributed by atoms with Gasteiger partial charge >= 0.3 is 6.09 Å². The monoisotopic (exact) mass is 542 g/mol. The number of nitrogens with zero attached hydrogens (tertiary/aromatic N) is 2. The number of aryl methyl sites for hydroxylation is 2. The highest BCUT2D eigenvalue weighted by Crippen LogP contribution is 2.27. The fourth-order valence-corrected chi connectivity index (χ4v) is 4.90. The first-order valence-corrected chi connectivity index (χ1v) is 12.9. The molecular formula is C26H27ClN4O5S. The van der Waals surface area contributed by atoms with Crippen molar-refractivity contribution in [2.24, 2.45) is 0 Å². The summed E-state index contributed by atoms with van der Waals surface area (Å²) in [6.45, 7) is 3.37. The maximum Gasteiger partial charge on any atom is 0.419 e. The van der Waals surface area contributed by atoms with E-state index in [0.29, 0.717) is 39.2 Å². The third-order valence-corrected chi connectivity index (χ3v) is 7.01. The van der Waals surface area contributed by atoms with E-state index in [1.54, 1.807) is 35.0 Å². The van der Waals surface area contributed by atoms with E-state index in [0.717, 1.165) is 35.6 Å². The maximum absolute atomic E-state index is 13.1. The predicted molar refractivity (Wildman–Crippen MR) is 144 cm³/mol. The van der Waals surface area contributed by atoms with Gasteiger partial charge in [-0.1, -0.05) is 17.7 Å². The number of nitrogens with one attached hydrogen (secondary N) is 2. The number of carbonyl (C=O) groups is 2. The van der Waals surface area contributed by atoms with Crippen molar-refractivity contribution < 1.29 is 19.4 Å². The van der Waals surface area contributed by atoms with Gasteiger partial charge in [-0.2, -0.15) is 0 Å². The van der Waals surface area contributed by atoms with Crippen LogP contribution in [0.3, 0.4) is 0 Å². The third-order valence-electron chi connectivity index (χ3n) is 5.78. The van der Waals surface area contributed by atoms with Gasteiger partial charge in [-0.3, -0.25) is 19.1 Å². The van der Waals surface area contributed by atoms with Gasteiger partial charge in [0.1, 0.15) is 5.76 Å². The van der Waals surface area contributed by atoms with E-state index in [9.17, 15) is 14.4 Å². The van der Waals surface area contributed by atoms with E-state index in [1.165, 1.54) is 11.1 Å². The van der Waals surface area contributed by atoms with Gasteiger partial charge in [-0.05, 0) is 68.3 Å². The summed E-state index contributed by atoms with van der Waals surface area (Å²) < 4.78 is 7.42. The zero-order valence-electron chi connectivity index (χ0n) is 20.2. The number of halogens is 1. The van der Waals surface area contributed by atoms with Crippen molar-refractivity contribution in [1.29, 1.82) is 0 Å². The summed E-state index contributed by atoms with van der Waals surface area (Å²) in [5, 5.41) is 14.6. The molecule has 11 heteroatoms. The number of amides is 2. The largest absolute Gasteiger partial charge is 0.419 e. The van der Waals surface area contributed by atoms with Crippen LogP contribution in [0.25, 0.3) is 5.69 Å². The van der Waals surface area contributed by atoms with Crippen molar-refractivity contribution >= 4 is 40.6 Å². The molecule has 3 heterocycles. The summed E-state index contributed by atoms with van der Waals surface area (Å²) in [6, 6.07) is 12.3. The number of hydrogen-bond acceptors (Lipinski definition) is 7. The zero-order valence-corrected chi connectivity index (χ0v) is 21.8. The van der Waals surface area contributed by atoms with Crippen LogP contribution in [-0.2, 0) is 11.2 Å². The van der Waals surface area contributed by atoms with Crippen LogP contribution in [0.5, 0.6) is 0 Å². The van der Waals surface area contributed by atoms with Crippen LogP contribution in [0.15, 0.2) is 65.4 Å². The topological polar surface area (TPSA) is 113 Å². The smallest absolute Gasteiger partial charge is 0.411 e. The lowest BCUT2D eigenvalue weighted by Gasteiger charge is -2.16. The molecule has 194 valence electrons. The van der Waals surface area contributed by atoms with Crippen molar-refractivity contribution in [3.05, 3.63) is 91.3 Å². The molecule has 0 saturated carbocycles. The molecule has 2 aromatic heterocycles. The van der Waals surface area contributed by atoms with Crippen LogP contribution in [0.1, 0.15) is 27.2 Å². The average molecular weight is 543 g/mol. The van der Waals surface area contributed by atoms with Crippen LogP contribution < -0.4 is 21.1 Å². The number of hydrogen-bond donors (Lipinski definition) is 3. The molecule has 0 radical (unpaired) electrons. The second-order valence-electron chi connectivity index (χ2n) is 8.40. The molecule has 9 nitrogen and oxygen atoms in total. The number of rotatable bonds is 10. The molecule has 3 N–H and O–H groups in total. The summed E-state index contributed by atoms with van der Waals surface area (Å²) in [5.74, 6) is -0.0340. The number of aromatic nitrogens is 1. The summed E-state index contributed by atoms with van der Waals surface area (Å²) in [5.41, 5.74) is 2.77. The van der Waals surface area contributed by atoms with Crippen molar-refractivity contribution in [2.45, 2.75) is 19.8 Å². The first-order chi connectivity index (χ1) is 17.9. The Hall–Kier alpha value is -3.44. The Morgan fingerprint density at radius 2 is 2.05 bits per heavy atom. The normalized spacial score (nSPS) is 14.3. The van der Waals surface area contributed by atoms with Gasteiger partial charge in [0.25, 0.3) is 11.5 Å². The third kappa shape index (κ3) is 6.47. The second-order valence-corrected chi connectivity index (χ2v) is 10.1. The Bertz CT molecular complexity index is 1380. The molecule has 4 rings (SSSR count). The average Bonchev–Trinajstić information content (AvgIpc) is 3.49. The van der Waals surface area contributed by atoms with Gasteiger partial charge in [-0.25, -0.2) is 4.79 Å². The van der Waals surface area contributed by atoms with Crippen molar-refractivity contribution in [2.75, 3.05) is 31.1 Å². The lowest BCUT2D eigenvalue weighted by molar-refractivity contribution is 0.0972. The Balaban J connectivity index is 1.45. The number of carbonyl (C=O) groups excluding carboxylic acids is 2. The maximum atomic E-state index is 13.1. The first kappa shape index (κ1) is 26.6. The van der Waals surface area contributed by atoms with E-state index in [-0.39, 0.29) is 24.6 Å². The summed E-state index contributed by atoms with van der Waals surface area (Å²) in [4.78, 5) is 39.7. The van der Waals surface area contributed by atoms with Crippen LogP contribution in [-0.4, -0.2) is 47.9 Å². The van der Waals surface area contributed by atoms with E-state index in [2.05, 4.69) is 10.6 Å². The van der Waals surface area contributed by atoms with E-state index in [4.69, 9.17) is 21.4 Å². The summed E-state index contributed by atoms with van der Waals surface area (Å²) in [7, 11) is 0. The molecule has 1 saturated heterocycles. The van der Waals surface area contributed by atoms with Crippen molar-refractivity contribution in [3.8, 4) is 5.69 Å². The van der Waals surface area contributed by atoms with Gasteiger partial charge in [0.15, 0.2) is 0 Å². The molecule has 1 aliphatic rings. The number of cyclic esters (lactones) is 1. The lowest BCUT2D eigenvalue weighted by Crippen LogP contribution is -2.25. The van der Waals surface area contributed by atoms with Gasteiger partial charge in [-0.15, -0.1) is 11.3 Å². The molecule has 2 amide bonds. The molecule has 1 aliphatic heterocycles. The second kappa shape index (κ2) is 12.2. The highest BCUT2D eigenvalue weighted by Gasteiger charge is 2.29. The van der Waals surface area contributed by atoms with Crippen LogP contribution in [0.2, 0.25) is 4.34 Å². The van der Waals surface area contributed by atoms with E-state index < -0.39 is 6.09 Å². The summed E-state index contributed by atoms with van der Waals surface area (Å²) in [6.07, 6.45) is 3.96. The minimum absolute atomic E-state index is 0.0854. The van der Waals surface area contributed by atoms with Crippen LogP contribution >= 0.6 is 22.9 Å². The Morgan fingerprint density at radius 1 is 1.22 bits per heavy atom. The van der Waals surface area contributed by atoms with E-state index in [1.807, 2.05) is 25.1 Å². The number of thiophene rings is 1. The zero-order chi connectivity index (χ0) is 26.4. The van der Waals surface area contributed by atoms with Gasteiger partial charge < -0.3 is 20.5 Å². The Morgan fingerprint density at radius 3 is 2.78 bits per heavy atom. The van der Waals surface area contributed by atoms with Gasteiger partial charge in [0.05, 0.1) is 28.1 Å². The Labute approximate surface area is 222 Å². The number of benzene rings is 1. The highest BCUT2D eigenvalue weighted by molar-refractivity contribution is 7.18. The minimum atomic E-state index is -0.555. The quantitative estimate of drug-likeness (QED) is 0.337. The molecule has 1 aromatic carbocycles. The molecule has 0 spiro atoms. The highest BCUT2D eigenvalue weighted by atomic mass is 35.5. The summed E-state index contributed by atoms with van der Waals surface area (Å²) >= 11 is 7.03. The van der Waals surface area contributed by atoms with Crippen LogP contribution in [0, 0.1) is 6.92 Å². The first-order valence-electron chi connectivity index (χ1n) is 11.7. The fourth-order valence-electron chi connectivity index (χ4n) is 3.95. The predicted octanol–water partition coefficient (Wildman–Crippen LogP) is 3.60. The standard InChI is InChI=1S/C26H27ClN4O5S/c1-17-14-19(31-16-20(36-26(31)35)15-29-24(33)22-8-9-23(27)37-22)6-7-21(17)30-12-3-5-18(25(30)34)4-2-10-28-11-13-32/h3,5-9,12,14-15,28,32H,2,4,10-11,13,16H2,1H3,(H,29,33)/b20-15-. The van der Waals surface area contributed by atoms with Crippen LogP contribution in [0.4, 0.5) is 10.5 Å². The number of ether oxygens (including phenoxy) is 1. The SMILES string of the molecule is Cc1cc(N2C/C(=C/NC(=O)c3ccc(Cl)s3)OC2=O)ccc1-n1cccc(CCCNCCO)c1=O. The number of aliphatic hydroxyl groups excluding tert-OH is 1. The molecule has 0 atom stereocenters. The van der Waals surface area contributed by atoms with Gasteiger partial charge in [0, 0.05) is 30.2 Å². The number of aliphatic hydroxyl groups is 1. The minimum Gasteiger partial charge on any atom is -0.411 e. The molecule has 0 unspecified atom stereocenters. The molecule has 0 bridgehead atoms. The van der Waals surface area contributed by atoms with Crippen molar-refractivity contribution in [3.63, 3.8) is 0 Å².